The molecule has 2 rings (SSSR count). The first-order chi connectivity index (χ1) is 12.4. The second-order valence-corrected chi connectivity index (χ2v) is 7.15. The molecule has 8 nitrogen and oxygen atoms in total. The molecule has 0 spiro atoms. The average molecular weight is 379 g/mol. The molecule has 9 heteroatoms. The van der Waals surface area contributed by atoms with Gasteiger partial charge in [0.1, 0.15) is 5.82 Å². The Morgan fingerprint density at radius 3 is 2.54 bits per heavy atom. The van der Waals surface area contributed by atoms with E-state index in [1.807, 2.05) is 13.0 Å². The van der Waals surface area contributed by atoms with Crippen molar-refractivity contribution in [1.29, 1.82) is 0 Å². The fourth-order valence-electron chi connectivity index (χ4n) is 2.18. The number of carbonyl (C=O) groups is 1. The number of hydrogen-bond acceptors (Lipinski definition) is 6. The van der Waals surface area contributed by atoms with Crippen LogP contribution in [0.5, 0.6) is 11.5 Å². The van der Waals surface area contributed by atoms with Crippen molar-refractivity contribution in [3.63, 3.8) is 0 Å². The highest BCUT2D eigenvalue weighted by molar-refractivity contribution is 7.89. The highest BCUT2D eigenvalue weighted by atomic mass is 32.2. The maximum atomic E-state index is 12.3. The number of aromatic nitrogens is 1. The van der Waals surface area contributed by atoms with Crippen molar-refractivity contribution in [3.05, 3.63) is 42.1 Å². The van der Waals surface area contributed by atoms with Crippen LogP contribution >= 0.6 is 0 Å². The van der Waals surface area contributed by atoms with Gasteiger partial charge in [0.25, 0.3) is 0 Å². The Morgan fingerprint density at radius 2 is 1.88 bits per heavy atom. The van der Waals surface area contributed by atoms with Gasteiger partial charge in [0.15, 0.2) is 11.5 Å². The molecule has 1 aromatic heterocycles. The highest BCUT2D eigenvalue weighted by Crippen LogP contribution is 2.29. The lowest BCUT2D eigenvalue weighted by molar-refractivity contribution is -0.116. The summed E-state index contributed by atoms with van der Waals surface area (Å²) in [5.41, 5.74) is 0.826. The second kappa shape index (κ2) is 8.63. The SMILES string of the molecule is COc1ccc(S(=O)(=O)NCCC(=O)Nc2ncccc2C)cc1OC. The number of nitrogens with zero attached hydrogens (tertiary/aromatic N) is 1. The van der Waals surface area contributed by atoms with E-state index in [2.05, 4.69) is 15.0 Å². The molecule has 0 radical (unpaired) electrons. The summed E-state index contributed by atoms with van der Waals surface area (Å²) in [4.78, 5) is 16.0. The van der Waals surface area contributed by atoms with Crippen LogP contribution in [0.1, 0.15) is 12.0 Å². The van der Waals surface area contributed by atoms with Crippen LogP contribution in [-0.4, -0.2) is 40.1 Å². The zero-order chi connectivity index (χ0) is 19.2. The van der Waals surface area contributed by atoms with Crippen molar-refractivity contribution in [1.82, 2.24) is 9.71 Å². The summed E-state index contributed by atoms with van der Waals surface area (Å²) in [6.45, 7) is 1.77. The van der Waals surface area contributed by atoms with Gasteiger partial charge in [0.2, 0.25) is 15.9 Å². The molecular formula is C17H21N3O5S. The minimum Gasteiger partial charge on any atom is -0.493 e. The lowest BCUT2D eigenvalue weighted by Gasteiger charge is -2.11. The highest BCUT2D eigenvalue weighted by Gasteiger charge is 2.17. The molecule has 2 aromatic rings. The van der Waals surface area contributed by atoms with Crippen LogP contribution in [-0.2, 0) is 14.8 Å². The molecule has 1 amide bonds. The summed E-state index contributed by atoms with van der Waals surface area (Å²) in [7, 11) is -0.889. The number of carbonyl (C=O) groups excluding carboxylic acids is 1. The van der Waals surface area contributed by atoms with E-state index in [0.29, 0.717) is 17.3 Å². The fourth-order valence-corrected chi connectivity index (χ4v) is 3.22. The van der Waals surface area contributed by atoms with Crippen molar-refractivity contribution in [3.8, 4) is 11.5 Å². The molecule has 26 heavy (non-hydrogen) atoms. The monoisotopic (exact) mass is 379 g/mol. The largest absolute Gasteiger partial charge is 0.493 e. The number of anilines is 1. The molecule has 0 saturated heterocycles. The van der Waals surface area contributed by atoms with Gasteiger partial charge in [0, 0.05) is 25.2 Å². The van der Waals surface area contributed by atoms with E-state index in [1.54, 1.807) is 12.3 Å². The number of benzene rings is 1. The van der Waals surface area contributed by atoms with E-state index in [1.165, 1.54) is 32.4 Å². The number of amides is 1. The molecule has 0 aliphatic rings. The topological polar surface area (TPSA) is 107 Å². The minimum atomic E-state index is -3.78. The number of ether oxygens (including phenoxy) is 2. The molecule has 0 atom stereocenters. The number of hydrogen-bond donors (Lipinski definition) is 2. The Bertz CT molecular complexity index is 884. The lowest BCUT2D eigenvalue weighted by atomic mass is 10.3. The van der Waals surface area contributed by atoms with Crippen molar-refractivity contribution in [2.24, 2.45) is 0 Å². The summed E-state index contributed by atoms with van der Waals surface area (Å²) in [6.07, 6.45) is 1.55. The number of nitrogens with one attached hydrogen (secondary N) is 2. The molecule has 2 N–H and O–H groups in total. The van der Waals surface area contributed by atoms with Crippen molar-refractivity contribution in [2.75, 3.05) is 26.1 Å². The minimum absolute atomic E-state index is 0.0242. The molecule has 0 fully saturated rings. The van der Waals surface area contributed by atoms with Gasteiger partial charge < -0.3 is 14.8 Å². The van der Waals surface area contributed by atoms with Crippen LogP contribution in [0.25, 0.3) is 0 Å². The summed E-state index contributed by atoms with van der Waals surface area (Å²) < 4.78 is 37.3. The van der Waals surface area contributed by atoms with Crippen molar-refractivity contribution >= 4 is 21.7 Å². The van der Waals surface area contributed by atoms with Crippen LogP contribution in [0.3, 0.4) is 0 Å². The Labute approximate surface area is 152 Å². The third-order valence-electron chi connectivity index (χ3n) is 3.58. The first-order valence-electron chi connectivity index (χ1n) is 7.80. The van der Waals surface area contributed by atoms with E-state index in [0.717, 1.165) is 5.56 Å². The van der Waals surface area contributed by atoms with Crippen LogP contribution in [0.15, 0.2) is 41.4 Å². The zero-order valence-electron chi connectivity index (χ0n) is 14.8. The van der Waals surface area contributed by atoms with Crippen LogP contribution in [0.2, 0.25) is 0 Å². The first-order valence-corrected chi connectivity index (χ1v) is 9.29. The first kappa shape index (κ1) is 19.7. The number of pyridine rings is 1. The molecular weight excluding hydrogens is 358 g/mol. The molecule has 0 aliphatic carbocycles. The Balaban J connectivity index is 1.96. The number of methoxy groups -OCH3 is 2. The molecule has 140 valence electrons. The van der Waals surface area contributed by atoms with E-state index in [4.69, 9.17) is 9.47 Å². The fraction of sp³-hybridized carbons (Fsp3) is 0.294. The number of aryl methyl sites for hydroxylation is 1. The molecule has 0 saturated carbocycles. The van der Waals surface area contributed by atoms with E-state index in [-0.39, 0.29) is 23.8 Å². The maximum Gasteiger partial charge on any atom is 0.240 e. The molecule has 0 unspecified atom stereocenters. The van der Waals surface area contributed by atoms with Gasteiger partial charge in [-0.2, -0.15) is 0 Å². The number of rotatable bonds is 8. The predicted molar refractivity (Wildman–Crippen MR) is 97.0 cm³/mol. The Hall–Kier alpha value is -2.65. The van der Waals surface area contributed by atoms with Gasteiger partial charge in [-0.05, 0) is 30.7 Å². The zero-order valence-corrected chi connectivity index (χ0v) is 15.6. The maximum absolute atomic E-state index is 12.3. The van der Waals surface area contributed by atoms with E-state index < -0.39 is 10.0 Å². The summed E-state index contributed by atoms with van der Waals surface area (Å²) in [5, 5.41) is 2.65. The normalized spacial score (nSPS) is 11.0. The van der Waals surface area contributed by atoms with Gasteiger partial charge in [-0.1, -0.05) is 6.07 Å². The number of sulfonamides is 1. The van der Waals surface area contributed by atoms with Crippen LogP contribution < -0.4 is 19.5 Å². The van der Waals surface area contributed by atoms with Crippen molar-refractivity contribution in [2.45, 2.75) is 18.2 Å². The Morgan fingerprint density at radius 1 is 1.15 bits per heavy atom. The third kappa shape index (κ3) is 4.93. The van der Waals surface area contributed by atoms with Crippen LogP contribution in [0.4, 0.5) is 5.82 Å². The lowest BCUT2D eigenvalue weighted by Crippen LogP contribution is -2.28. The van der Waals surface area contributed by atoms with E-state index >= 15 is 0 Å². The van der Waals surface area contributed by atoms with E-state index in [9.17, 15) is 13.2 Å². The van der Waals surface area contributed by atoms with Gasteiger partial charge in [0.05, 0.1) is 19.1 Å². The van der Waals surface area contributed by atoms with Gasteiger partial charge in [-0.3, -0.25) is 4.79 Å². The van der Waals surface area contributed by atoms with Gasteiger partial charge >= 0.3 is 0 Å². The summed E-state index contributed by atoms with van der Waals surface area (Å²) in [6, 6.07) is 7.86. The second-order valence-electron chi connectivity index (χ2n) is 5.38. The predicted octanol–water partition coefficient (Wildman–Crippen LogP) is 1.71. The summed E-state index contributed by atoms with van der Waals surface area (Å²) >= 11 is 0. The van der Waals surface area contributed by atoms with Crippen LogP contribution in [0, 0.1) is 6.92 Å². The molecule has 0 aliphatic heterocycles. The van der Waals surface area contributed by atoms with Gasteiger partial charge in [-0.15, -0.1) is 0 Å². The molecule has 1 heterocycles. The quantitative estimate of drug-likeness (QED) is 0.723. The standard InChI is InChI=1S/C17H21N3O5S/c1-12-5-4-9-18-17(12)20-16(21)8-10-19-26(22,23)13-6-7-14(24-2)15(11-13)25-3/h4-7,9,11,19H,8,10H2,1-3H3,(H,18,20,21). The van der Waals surface area contributed by atoms with Crippen molar-refractivity contribution < 1.29 is 22.7 Å². The Kier molecular flexibility index (Phi) is 6.53. The summed E-state index contributed by atoms with van der Waals surface area (Å²) in [5.74, 6) is 0.859. The molecule has 1 aromatic carbocycles. The third-order valence-corrected chi connectivity index (χ3v) is 5.04. The van der Waals surface area contributed by atoms with Gasteiger partial charge in [-0.25, -0.2) is 18.1 Å². The molecule has 0 bridgehead atoms. The average Bonchev–Trinajstić information content (AvgIpc) is 2.62. The smallest absolute Gasteiger partial charge is 0.240 e.